The summed E-state index contributed by atoms with van der Waals surface area (Å²) in [4.78, 5) is 4.47. The Hall–Kier alpha value is -2.01. The third kappa shape index (κ3) is 2.27. The van der Waals surface area contributed by atoms with Crippen molar-refractivity contribution in [1.82, 2.24) is 4.98 Å². The van der Waals surface area contributed by atoms with E-state index in [1.54, 1.807) is 0 Å². The molecule has 1 aromatic carbocycles. The highest BCUT2D eigenvalue weighted by Gasteiger charge is 2.24. The smallest absolute Gasteiger partial charge is 0.231 e. The van der Waals surface area contributed by atoms with Crippen LogP contribution in [0.2, 0.25) is 0 Å². The van der Waals surface area contributed by atoms with E-state index in [-0.39, 0.29) is 0 Å². The van der Waals surface area contributed by atoms with E-state index in [9.17, 15) is 0 Å². The van der Waals surface area contributed by atoms with Crippen LogP contribution in [0.4, 0.5) is 5.82 Å². The Bertz CT molecular complexity index is 674. The molecule has 21 heavy (non-hydrogen) atoms. The fraction of sp³-hybridized carbons (Fsp3) is 0.438. The van der Waals surface area contributed by atoms with Crippen LogP contribution in [0, 0.1) is 5.92 Å². The summed E-state index contributed by atoms with van der Waals surface area (Å²) in [5, 5.41) is 5.63. The van der Waals surface area contributed by atoms with E-state index in [4.69, 9.17) is 15.2 Å². The summed E-state index contributed by atoms with van der Waals surface area (Å²) < 4.78 is 10.9. The highest BCUT2D eigenvalue weighted by atomic mass is 16.7. The number of nitrogens with two attached hydrogens (primary N) is 1. The van der Waals surface area contributed by atoms with Gasteiger partial charge >= 0.3 is 0 Å². The lowest BCUT2D eigenvalue weighted by molar-refractivity contribution is 0.174. The number of aromatic nitrogens is 1. The topological polar surface area (TPSA) is 69.4 Å². The van der Waals surface area contributed by atoms with Gasteiger partial charge < -0.3 is 20.5 Å². The number of pyridine rings is 1. The number of nitrogens with one attached hydrogen (secondary N) is 1. The molecule has 5 heteroatoms. The van der Waals surface area contributed by atoms with Gasteiger partial charge in [0.25, 0.3) is 0 Å². The number of benzene rings is 1. The van der Waals surface area contributed by atoms with Crippen LogP contribution in [0.1, 0.15) is 19.3 Å². The van der Waals surface area contributed by atoms with Gasteiger partial charge in [0.2, 0.25) is 6.79 Å². The van der Waals surface area contributed by atoms with Gasteiger partial charge in [-0.3, -0.25) is 0 Å². The third-order valence-electron chi connectivity index (χ3n) is 4.51. The van der Waals surface area contributed by atoms with Gasteiger partial charge in [-0.1, -0.05) is 6.42 Å². The van der Waals surface area contributed by atoms with Gasteiger partial charge in [-0.05, 0) is 42.3 Å². The molecule has 0 bridgehead atoms. The molecule has 3 N–H and O–H groups in total. The molecular formula is C16H19N3O2. The molecule has 0 spiro atoms. The minimum Gasteiger partial charge on any atom is -0.454 e. The molecule has 1 aliphatic carbocycles. The first-order chi connectivity index (χ1) is 10.3. The molecule has 1 aromatic heterocycles. The number of anilines is 1. The Morgan fingerprint density at radius 3 is 2.90 bits per heavy atom. The molecule has 0 saturated heterocycles. The molecule has 5 nitrogen and oxygen atoms in total. The molecule has 2 unspecified atom stereocenters. The summed E-state index contributed by atoms with van der Waals surface area (Å²) in [6, 6.07) is 6.31. The minimum absolute atomic E-state index is 0.290. The molecule has 1 aliphatic heterocycles. The Kier molecular flexibility index (Phi) is 3.07. The Balaban J connectivity index is 1.62. The normalized spacial score (nSPS) is 23.7. The molecule has 0 radical (unpaired) electrons. The summed E-state index contributed by atoms with van der Waals surface area (Å²) in [6.07, 6.45) is 5.38. The second-order valence-electron chi connectivity index (χ2n) is 5.82. The summed E-state index contributed by atoms with van der Waals surface area (Å²) in [6.45, 7) is 1.17. The zero-order valence-electron chi connectivity index (χ0n) is 11.8. The van der Waals surface area contributed by atoms with E-state index >= 15 is 0 Å². The average molecular weight is 285 g/mol. The van der Waals surface area contributed by atoms with Gasteiger partial charge in [-0.15, -0.1) is 0 Å². The predicted molar refractivity (Wildman–Crippen MR) is 81.7 cm³/mol. The zero-order chi connectivity index (χ0) is 14.2. The summed E-state index contributed by atoms with van der Waals surface area (Å²) in [5.74, 6) is 3.02. The number of rotatable bonds is 3. The van der Waals surface area contributed by atoms with E-state index in [2.05, 4.69) is 10.3 Å². The second-order valence-corrected chi connectivity index (χ2v) is 5.82. The standard InChI is InChI=1S/C16H19N3O2/c17-13-3-1-2-11(13)8-19-16-12-7-15-14(20-9-21-15)6-10(12)4-5-18-16/h4-7,11,13H,1-3,8-9,17H2,(H,18,19). The van der Waals surface area contributed by atoms with Crippen molar-refractivity contribution in [3.63, 3.8) is 0 Å². The SMILES string of the molecule is NC1CCCC1CNc1nccc2cc3c(cc12)OCO3. The fourth-order valence-corrected chi connectivity index (χ4v) is 3.25. The average Bonchev–Trinajstić information content (AvgIpc) is 3.11. The lowest BCUT2D eigenvalue weighted by Crippen LogP contribution is -2.29. The van der Waals surface area contributed by atoms with Crippen LogP contribution < -0.4 is 20.5 Å². The van der Waals surface area contributed by atoms with Crippen molar-refractivity contribution in [3.8, 4) is 11.5 Å². The van der Waals surface area contributed by atoms with Crippen molar-refractivity contribution in [2.24, 2.45) is 11.7 Å². The van der Waals surface area contributed by atoms with E-state index < -0.39 is 0 Å². The lowest BCUT2D eigenvalue weighted by Gasteiger charge is -2.17. The Morgan fingerprint density at radius 1 is 1.24 bits per heavy atom. The molecule has 2 aliphatic rings. The second kappa shape index (κ2) is 5.07. The quantitative estimate of drug-likeness (QED) is 0.906. The molecule has 2 aromatic rings. The van der Waals surface area contributed by atoms with E-state index in [0.717, 1.165) is 41.1 Å². The van der Waals surface area contributed by atoms with Crippen LogP contribution in [-0.4, -0.2) is 24.4 Å². The van der Waals surface area contributed by atoms with Gasteiger partial charge in [0.15, 0.2) is 11.5 Å². The van der Waals surface area contributed by atoms with Crippen molar-refractivity contribution in [1.29, 1.82) is 0 Å². The molecular weight excluding hydrogens is 266 g/mol. The monoisotopic (exact) mass is 285 g/mol. The minimum atomic E-state index is 0.290. The van der Waals surface area contributed by atoms with Crippen LogP contribution >= 0.6 is 0 Å². The number of ether oxygens (including phenoxy) is 2. The van der Waals surface area contributed by atoms with Crippen molar-refractivity contribution in [3.05, 3.63) is 24.4 Å². The Morgan fingerprint density at radius 2 is 2.10 bits per heavy atom. The van der Waals surface area contributed by atoms with Gasteiger partial charge in [0.05, 0.1) is 0 Å². The maximum Gasteiger partial charge on any atom is 0.231 e. The van der Waals surface area contributed by atoms with Crippen molar-refractivity contribution in [2.75, 3.05) is 18.7 Å². The number of hydrogen-bond acceptors (Lipinski definition) is 5. The van der Waals surface area contributed by atoms with E-state index in [1.165, 1.54) is 12.8 Å². The predicted octanol–water partition coefficient (Wildman–Crippen LogP) is 2.50. The third-order valence-corrected chi connectivity index (χ3v) is 4.51. The molecule has 4 rings (SSSR count). The van der Waals surface area contributed by atoms with Crippen molar-refractivity contribution < 1.29 is 9.47 Å². The Labute approximate surface area is 123 Å². The maximum absolute atomic E-state index is 6.13. The lowest BCUT2D eigenvalue weighted by atomic mass is 10.0. The summed E-state index contributed by atoms with van der Waals surface area (Å²) in [7, 11) is 0. The first-order valence-electron chi connectivity index (χ1n) is 7.49. The van der Waals surface area contributed by atoms with Crippen LogP contribution in [0.15, 0.2) is 24.4 Å². The van der Waals surface area contributed by atoms with Crippen molar-refractivity contribution in [2.45, 2.75) is 25.3 Å². The molecule has 1 saturated carbocycles. The first kappa shape index (κ1) is 12.7. The number of nitrogens with zero attached hydrogens (tertiary/aromatic N) is 1. The van der Waals surface area contributed by atoms with E-state index in [1.807, 2.05) is 24.4 Å². The van der Waals surface area contributed by atoms with Crippen molar-refractivity contribution >= 4 is 16.6 Å². The highest BCUT2D eigenvalue weighted by molar-refractivity contribution is 5.94. The van der Waals surface area contributed by atoms with Crippen LogP contribution in [0.3, 0.4) is 0 Å². The van der Waals surface area contributed by atoms with Gasteiger partial charge in [-0.25, -0.2) is 4.98 Å². The molecule has 0 amide bonds. The number of hydrogen-bond donors (Lipinski definition) is 2. The summed E-state index contributed by atoms with van der Waals surface area (Å²) in [5.41, 5.74) is 6.13. The van der Waals surface area contributed by atoms with Gasteiger partial charge in [-0.2, -0.15) is 0 Å². The zero-order valence-corrected chi connectivity index (χ0v) is 11.8. The van der Waals surface area contributed by atoms with Crippen LogP contribution in [-0.2, 0) is 0 Å². The maximum atomic E-state index is 6.13. The van der Waals surface area contributed by atoms with Crippen LogP contribution in [0.5, 0.6) is 11.5 Å². The molecule has 1 fully saturated rings. The summed E-state index contributed by atoms with van der Waals surface area (Å²) >= 11 is 0. The first-order valence-corrected chi connectivity index (χ1v) is 7.49. The van der Waals surface area contributed by atoms with Crippen LogP contribution in [0.25, 0.3) is 10.8 Å². The molecule has 110 valence electrons. The largest absolute Gasteiger partial charge is 0.454 e. The molecule has 2 heterocycles. The molecule has 2 atom stereocenters. The van der Waals surface area contributed by atoms with Gasteiger partial charge in [0, 0.05) is 24.2 Å². The highest BCUT2D eigenvalue weighted by Crippen LogP contribution is 2.38. The fourth-order valence-electron chi connectivity index (χ4n) is 3.25. The number of fused-ring (bicyclic) bond motifs is 2. The van der Waals surface area contributed by atoms with E-state index in [0.29, 0.717) is 18.8 Å². The van der Waals surface area contributed by atoms with Gasteiger partial charge in [0.1, 0.15) is 5.82 Å².